The Balaban J connectivity index is 2.80. The Labute approximate surface area is 95.9 Å². The summed E-state index contributed by atoms with van der Waals surface area (Å²) in [6, 6.07) is 7.17. The fraction of sp³-hybridized carbons (Fsp3) is 0.308. The van der Waals surface area contributed by atoms with E-state index < -0.39 is 0 Å². The van der Waals surface area contributed by atoms with Crippen LogP contribution >= 0.6 is 0 Å². The van der Waals surface area contributed by atoms with Gasteiger partial charge in [-0.3, -0.25) is 0 Å². The van der Waals surface area contributed by atoms with Gasteiger partial charge in [-0.25, -0.2) is 0 Å². The van der Waals surface area contributed by atoms with Gasteiger partial charge in [-0.05, 0) is 24.1 Å². The Morgan fingerprint density at radius 2 is 2.06 bits per heavy atom. The highest BCUT2D eigenvalue weighted by Crippen LogP contribution is 2.22. The van der Waals surface area contributed by atoms with E-state index in [0.29, 0.717) is 23.7 Å². The van der Waals surface area contributed by atoms with E-state index in [9.17, 15) is 0 Å². The van der Waals surface area contributed by atoms with Crippen molar-refractivity contribution < 1.29 is 9.47 Å². The average Bonchev–Trinajstić information content (AvgIpc) is 2.35. The van der Waals surface area contributed by atoms with Crippen LogP contribution in [0.2, 0.25) is 0 Å². The van der Waals surface area contributed by atoms with Crippen molar-refractivity contribution in [1.29, 1.82) is 5.26 Å². The number of rotatable bonds is 5. The van der Waals surface area contributed by atoms with E-state index in [2.05, 4.69) is 12.6 Å². The Morgan fingerprint density at radius 1 is 1.38 bits per heavy atom. The Hall–Kier alpha value is -1.95. The molecule has 0 N–H and O–H groups in total. The Morgan fingerprint density at radius 3 is 2.62 bits per heavy atom. The van der Waals surface area contributed by atoms with Crippen LogP contribution in [-0.4, -0.2) is 13.7 Å². The summed E-state index contributed by atoms with van der Waals surface area (Å²) in [4.78, 5) is 0. The van der Waals surface area contributed by atoms with Crippen molar-refractivity contribution in [2.75, 3.05) is 13.7 Å². The predicted octanol–water partition coefficient (Wildman–Crippen LogP) is 2.91. The summed E-state index contributed by atoms with van der Waals surface area (Å²) in [5.41, 5.74) is 1.54. The van der Waals surface area contributed by atoms with Gasteiger partial charge in [0.15, 0.2) is 0 Å². The summed E-state index contributed by atoms with van der Waals surface area (Å²) in [5, 5.41) is 8.83. The van der Waals surface area contributed by atoms with Crippen LogP contribution in [0.4, 0.5) is 0 Å². The largest absolute Gasteiger partial charge is 0.497 e. The molecule has 0 aliphatic carbocycles. The minimum atomic E-state index is 0.467. The van der Waals surface area contributed by atoms with E-state index in [0.717, 1.165) is 12.0 Å². The maximum Gasteiger partial charge on any atom is 0.124 e. The van der Waals surface area contributed by atoms with Crippen molar-refractivity contribution in [3.05, 3.63) is 35.9 Å². The molecule has 0 saturated carbocycles. The fourth-order valence-corrected chi connectivity index (χ4v) is 1.12. The highest BCUT2D eigenvalue weighted by atomic mass is 16.5. The zero-order chi connectivity index (χ0) is 12.0. The predicted molar refractivity (Wildman–Crippen MR) is 62.6 cm³/mol. The van der Waals surface area contributed by atoms with Crippen molar-refractivity contribution in [3.8, 4) is 17.6 Å². The van der Waals surface area contributed by atoms with E-state index in [1.807, 2.05) is 6.92 Å². The van der Waals surface area contributed by atoms with Crippen molar-refractivity contribution in [1.82, 2.24) is 0 Å². The molecule has 0 atom stereocenters. The molecule has 0 radical (unpaired) electrons. The highest BCUT2D eigenvalue weighted by Gasteiger charge is 2.02. The van der Waals surface area contributed by atoms with Crippen LogP contribution in [0.15, 0.2) is 30.4 Å². The first-order valence-electron chi connectivity index (χ1n) is 5.08. The number of hydrogen-bond donors (Lipinski definition) is 0. The van der Waals surface area contributed by atoms with E-state index in [1.54, 1.807) is 25.3 Å². The van der Waals surface area contributed by atoms with E-state index >= 15 is 0 Å². The van der Waals surface area contributed by atoms with Crippen LogP contribution in [0.3, 0.4) is 0 Å². The summed E-state index contributed by atoms with van der Waals surface area (Å²) in [6.07, 6.45) is 0.884. The normalized spacial score (nSPS) is 9.31. The molecule has 84 valence electrons. The van der Waals surface area contributed by atoms with Gasteiger partial charge in [-0.2, -0.15) is 5.26 Å². The van der Waals surface area contributed by atoms with Gasteiger partial charge in [0.1, 0.15) is 18.1 Å². The lowest BCUT2D eigenvalue weighted by Gasteiger charge is -2.09. The molecule has 0 saturated heterocycles. The van der Waals surface area contributed by atoms with E-state index in [4.69, 9.17) is 14.7 Å². The molecule has 0 bridgehead atoms. The number of hydrogen-bond acceptors (Lipinski definition) is 3. The molecule has 0 heterocycles. The standard InChI is InChI=1S/C13H15NO2/c1-4-10(2)9-16-13-6-11(8-14)5-12(7-13)15-3/h5-7H,2,4,9H2,1,3H3. The van der Waals surface area contributed by atoms with Gasteiger partial charge in [0.05, 0.1) is 18.7 Å². The summed E-state index contributed by atoms with van der Waals surface area (Å²) >= 11 is 0. The third-order valence-corrected chi connectivity index (χ3v) is 2.19. The van der Waals surface area contributed by atoms with E-state index in [1.165, 1.54) is 0 Å². The van der Waals surface area contributed by atoms with Crippen LogP contribution < -0.4 is 9.47 Å². The Kier molecular flexibility index (Phi) is 4.41. The van der Waals surface area contributed by atoms with Crippen LogP contribution in [0.25, 0.3) is 0 Å². The summed E-state index contributed by atoms with van der Waals surface area (Å²) in [5.74, 6) is 1.25. The minimum absolute atomic E-state index is 0.467. The molecule has 1 aromatic rings. The van der Waals surface area contributed by atoms with Crippen molar-refractivity contribution in [2.24, 2.45) is 0 Å². The van der Waals surface area contributed by atoms with Gasteiger partial charge < -0.3 is 9.47 Å². The highest BCUT2D eigenvalue weighted by molar-refractivity contribution is 5.43. The van der Waals surface area contributed by atoms with E-state index in [-0.39, 0.29) is 0 Å². The number of benzene rings is 1. The molecule has 0 aromatic heterocycles. The molecular weight excluding hydrogens is 202 g/mol. The number of nitriles is 1. The molecular formula is C13H15NO2. The van der Waals surface area contributed by atoms with Gasteiger partial charge in [0.25, 0.3) is 0 Å². The quantitative estimate of drug-likeness (QED) is 0.712. The molecule has 3 nitrogen and oxygen atoms in total. The third-order valence-electron chi connectivity index (χ3n) is 2.19. The topological polar surface area (TPSA) is 42.2 Å². The van der Waals surface area contributed by atoms with Gasteiger partial charge in [-0.15, -0.1) is 0 Å². The van der Waals surface area contributed by atoms with Gasteiger partial charge in [0, 0.05) is 6.07 Å². The SMILES string of the molecule is C=C(CC)COc1cc(C#N)cc(OC)c1. The second-order valence-electron chi connectivity index (χ2n) is 3.40. The molecule has 3 heteroatoms. The average molecular weight is 217 g/mol. The third kappa shape index (κ3) is 3.32. The zero-order valence-corrected chi connectivity index (χ0v) is 9.62. The van der Waals surface area contributed by atoms with Crippen LogP contribution in [-0.2, 0) is 0 Å². The second kappa shape index (κ2) is 5.82. The molecule has 16 heavy (non-hydrogen) atoms. The first-order chi connectivity index (χ1) is 7.69. The van der Waals surface area contributed by atoms with Crippen LogP contribution in [0.1, 0.15) is 18.9 Å². The lowest BCUT2D eigenvalue weighted by molar-refractivity contribution is 0.344. The van der Waals surface area contributed by atoms with Gasteiger partial charge in [-0.1, -0.05) is 13.5 Å². The minimum Gasteiger partial charge on any atom is -0.497 e. The van der Waals surface area contributed by atoms with Crippen LogP contribution in [0, 0.1) is 11.3 Å². The number of methoxy groups -OCH3 is 1. The number of ether oxygens (including phenoxy) is 2. The molecule has 1 aromatic carbocycles. The molecule has 0 spiro atoms. The van der Waals surface area contributed by atoms with Crippen molar-refractivity contribution in [2.45, 2.75) is 13.3 Å². The molecule has 0 aliphatic rings. The summed E-state index contributed by atoms with van der Waals surface area (Å²) in [7, 11) is 1.56. The smallest absolute Gasteiger partial charge is 0.124 e. The van der Waals surface area contributed by atoms with Crippen molar-refractivity contribution >= 4 is 0 Å². The first-order valence-corrected chi connectivity index (χ1v) is 5.08. The Bertz CT molecular complexity index is 418. The summed E-state index contributed by atoms with van der Waals surface area (Å²) < 4.78 is 10.6. The molecule has 0 aliphatic heterocycles. The first kappa shape index (κ1) is 12.1. The molecule has 0 amide bonds. The second-order valence-corrected chi connectivity index (χ2v) is 3.40. The molecule has 0 fully saturated rings. The summed E-state index contributed by atoms with van der Waals surface area (Å²) in [6.45, 7) is 6.34. The monoisotopic (exact) mass is 217 g/mol. The fourth-order valence-electron chi connectivity index (χ4n) is 1.12. The van der Waals surface area contributed by atoms with Gasteiger partial charge in [0.2, 0.25) is 0 Å². The zero-order valence-electron chi connectivity index (χ0n) is 9.62. The van der Waals surface area contributed by atoms with Gasteiger partial charge >= 0.3 is 0 Å². The molecule has 1 rings (SSSR count). The lowest BCUT2D eigenvalue weighted by Crippen LogP contribution is -2.00. The number of nitrogens with zero attached hydrogens (tertiary/aromatic N) is 1. The lowest BCUT2D eigenvalue weighted by atomic mass is 10.2. The van der Waals surface area contributed by atoms with Crippen molar-refractivity contribution in [3.63, 3.8) is 0 Å². The maximum atomic E-state index is 8.83. The van der Waals surface area contributed by atoms with Crippen LogP contribution in [0.5, 0.6) is 11.5 Å². The maximum absolute atomic E-state index is 8.83. The molecule has 0 unspecified atom stereocenters.